The molecule has 0 fully saturated rings. The minimum Gasteiger partial charge on any atom is -0.207 e. The van der Waals surface area contributed by atoms with Crippen molar-refractivity contribution in [1.29, 1.82) is 0 Å². The summed E-state index contributed by atoms with van der Waals surface area (Å²) in [5.41, 5.74) is 0.693. The van der Waals surface area contributed by atoms with E-state index < -0.39 is 9.05 Å². The molecule has 2 aromatic rings. The largest absolute Gasteiger partial charge is 0.262 e. The molecule has 0 bridgehead atoms. The lowest BCUT2D eigenvalue weighted by molar-refractivity contribution is 0.609. The molecule has 0 unspecified atom stereocenters. The van der Waals surface area contributed by atoms with E-state index in [9.17, 15) is 8.42 Å². The molecule has 0 heterocycles. The van der Waals surface area contributed by atoms with Crippen LogP contribution in [0.15, 0.2) is 35.2 Å². The van der Waals surface area contributed by atoms with Crippen LogP contribution < -0.4 is 0 Å². The molecule has 0 saturated heterocycles. The third-order valence-corrected chi connectivity index (χ3v) is 5.54. The first-order chi connectivity index (χ1) is 9.23. The summed E-state index contributed by atoms with van der Waals surface area (Å²) in [7, 11) is 1.35. The number of halogens is 5. The summed E-state index contributed by atoms with van der Waals surface area (Å²) in [5, 5.41) is 0.699. The van der Waals surface area contributed by atoms with Crippen molar-refractivity contribution in [3.63, 3.8) is 0 Å². The van der Waals surface area contributed by atoms with Crippen molar-refractivity contribution >= 4 is 66.1 Å². The van der Waals surface area contributed by atoms with Crippen LogP contribution in [-0.4, -0.2) is 8.42 Å². The van der Waals surface area contributed by atoms with Crippen LogP contribution in [0, 0.1) is 0 Å². The van der Waals surface area contributed by atoms with Crippen LogP contribution in [0.4, 0.5) is 0 Å². The first kappa shape index (κ1) is 16.2. The predicted molar refractivity (Wildman–Crippen MR) is 85.0 cm³/mol. The van der Waals surface area contributed by atoms with Crippen molar-refractivity contribution in [3.05, 3.63) is 50.4 Å². The topological polar surface area (TPSA) is 34.1 Å². The summed E-state index contributed by atoms with van der Waals surface area (Å²) in [4.78, 5) is -0.217. The van der Waals surface area contributed by atoms with Crippen LogP contribution in [0.25, 0.3) is 11.1 Å². The van der Waals surface area contributed by atoms with Gasteiger partial charge in [0.25, 0.3) is 9.05 Å². The molecule has 8 heteroatoms. The Bertz CT molecular complexity index is 787. The zero-order chi connectivity index (χ0) is 15.1. The molecule has 0 aliphatic rings. The molecule has 0 spiro atoms. The number of hydrogen-bond donors (Lipinski definition) is 0. The zero-order valence-electron chi connectivity index (χ0n) is 9.50. The summed E-state index contributed by atoms with van der Waals surface area (Å²) in [6, 6.07) is 7.44. The molecule has 0 N–H and O–H groups in total. The lowest BCUT2D eigenvalue weighted by Crippen LogP contribution is -1.94. The average Bonchev–Trinajstić information content (AvgIpc) is 2.35. The Kier molecular flexibility index (Phi) is 4.80. The second-order valence-electron chi connectivity index (χ2n) is 3.77. The van der Waals surface area contributed by atoms with Gasteiger partial charge in [0.1, 0.15) is 4.90 Å². The summed E-state index contributed by atoms with van der Waals surface area (Å²) in [6.07, 6.45) is 0. The Morgan fingerprint density at radius 1 is 0.800 bits per heavy atom. The van der Waals surface area contributed by atoms with Crippen LogP contribution in [-0.2, 0) is 9.05 Å². The number of benzene rings is 2. The van der Waals surface area contributed by atoms with Crippen LogP contribution in [0.2, 0.25) is 20.1 Å². The van der Waals surface area contributed by atoms with Crippen LogP contribution >= 0.6 is 57.1 Å². The van der Waals surface area contributed by atoms with E-state index >= 15 is 0 Å². The van der Waals surface area contributed by atoms with Gasteiger partial charge in [-0.05, 0) is 18.2 Å². The Labute approximate surface area is 140 Å². The van der Waals surface area contributed by atoms with Gasteiger partial charge in [-0.2, -0.15) is 0 Å². The lowest BCUT2D eigenvalue weighted by Gasteiger charge is -2.12. The number of hydrogen-bond acceptors (Lipinski definition) is 2. The molecule has 0 aliphatic carbocycles. The second-order valence-corrected chi connectivity index (χ2v) is 7.88. The van der Waals surface area contributed by atoms with Gasteiger partial charge in [-0.25, -0.2) is 8.42 Å². The van der Waals surface area contributed by atoms with Crippen LogP contribution in [0.5, 0.6) is 0 Å². The predicted octanol–water partition coefficient (Wildman–Crippen LogP) is 5.89. The Morgan fingerprint density at radius 3 is 2.00 bits per heavy atom. The van der Waals surface area contributed by atoms with Gasteiger partial charge in [0.15, 0.2) is 0 Å². The third-order valence-electron chi connectivity index (χ3n) is 2.54. The van der Waals surface area contributed by atoms with Crippen LogP contribution in [0.1, 0.15) is 0 Å². The van der Waals surface area contributed by atoms with Gasteiger partial charge in [-0.1, -0.05) is 58.5 Å². The molecular formula is C12H5Cl5O2S. The molecule has 2 nitrogen and oxygen atoms in total. The van der Waals surface area contributed by atoms with E-state index in [2.05, 4.69) is 0 Å². The first-order valence-corrected chi connectivity index (χ1v) is 8.92. The van der Waals surface area contributed by atoms with E-state index in [1.54, 1.807) is 12.1 Å². The maximum absolute atomic E-state index is 11.5. The van der Waals surface area contributed by atoms with Gasteiger partial charge >= 0.3 is 0 Å². The Balaban J connectivity index is 2.82. The molecule has 2 aromatic carbocycles. The lowest BCUT2D eigenvalue weighted by atomic mass is 10.1. The molecule has 0 aliphatic heterocycles. The van der Waals surface area contributed by atoms with Crippen molar-refractivity contribution in [2.45, 2.75) is 4.90 Å². The van der Waals surface area contributed by atoms with Crippen molar-refractivity contribution < 1.29 is 8.42 Å². The highest BCUT2D eigenvalue weighted by Gasteiger charge is 2.21. The summed E-state index contributed by atoms with van der Waals surface area (Å²) < 4.78 is 22.9. The quantitative estimate of drug-likeness (QED) is 0.473. The third kappa shape index (κ3) is 3.03. The van der Waals surface area contributed by atoms with Crippen molar-refractivity contribution in [2.24, 2.45) is 0 Å². The monoisotopic (exact) mass is 388 g/mol. The summed E-state index contributed by atoms with van der Waals surface area (Å²) >= 11 is 24.2. The fraction of sp³-hybridized carbons (Fsp3) is 0. The molecule has 0 amide bonds. The van der Waals surface area contributed by atoms with E-state index in [4.69, 9.17) is 57.1 Å². The Hall–Kier alpha value is -0.160. The van der Waals surface area contributed by atoms with Gasteiger partial charge < -0.3 is 0 Å². The zero-order valence-corrected chi connectivity index (χ0v) is 14.1. The maximum atomic E-state index is 11.5. The summed E-state index contributed by atoms with van der Waals surface area (Å²) in [5.74, 6) is 0. The van der Waals surface area contributed by atoms with E-state index in [0.29, 0.717) is 16.1 Å². The van der Waals surface area contributed by atoms with Crippen molar-refractivity contribution in [2.75, 3.05) is 0 Å². The van der Waals surface area contributed by atoms with E-state index in [-0.39, 0.29) is 20.0 Å². The van der Waals surface area contributed by atoms with Gasteiger partial charge in [-0.3, -0.25) is 0 Å². The molecule has 0 radical (unpaired) electrons. The molecule has 20 heavy (non-hydrogen) atoms. The van der Waals surface area contributed by atoms with Gasteiger partial charge in [0.05, 0.1) is 20.1 Å². The first-order valence-electron chi connectivity index (χ1n) is 5.10. The maximum Gasteiger partial charge on any atom is 0.262 e. The normalized spacial score (nSPS) is 11.7. The smallest absolute Gasteiger partial charge is 0.207 e. The minimum absolute atomic E-state index is 0.0615. The van der Waals surface area contributed by atoms with E-state index in [1.807, 2.05) is 0 Å². The fourth-order valence-corrected chi connectivity index (χ4v) is 3.99. The second kappa shape index (κ2) is 5.91. The minimum atomic E-state index is -3.98. The molecule has 0 aromatic heterocycles. The molecule has 0 saturated carbocycles. The highest BCUT2D eigenvalue weighted by atomic mass is 35.7. The highest BCUT2D eigenvalue weighted by molar-refractivity contribution is 8.13. The van der Waals surface area contributed by atoms with Crippen molar-refractivity contribution in [1.82, 2.24) is 0 Å². The van der Waals surface area contributed by atoms with Gasteiger partial charge in [-0.15, -0.1) is 0 Å². The SMILES string of the molecule is O=S(=O)(Cl)c1cccc(-c2c(Cl)ccc(Cl)c2Cl)c1Cl. The van der Waals surface area contributed by atoms with E-state index in [1.165, 1.54) is 18.2 Å². The molecular weight excluding hydrogens is 385 g/mol. The van der Waals surface area contributed by atoms with Crippen LogP contribution in [0.3, 0.4) is 0 Å². The van der Waals surface area contributed by atoms with Gasteiger partial charge in [0.2, 0.25) is 0 Å². The standard InChI is InChI=1S/C12H5Cl5O2S/c13-7-4-5-8(14)12(16)10(7)6-2-1-3-9(11(6)15)20(17,18)19/h1-5H. The highest BCUT2D eigenvalue weighted by Crippen LogP contribution is 2.43. The van der Waals surface area contributed by atoms with Crippen molar-refractivity contribution in [3.8, 4) is 11.1 Å². The molecule has 0 atom stereocenters. The molecule has 2 rings (SSSR count). The van der Waals surface area contributed by atoms with Gasteiger partial charge in [0, 0.05) is 21.8 Å². The molecule has 106 valence electrons. The average molecular weight is 391 g/mol. The number of rotatable bonds is 2. The Morgan fingerprint density at radius 2 is 1.40 bits per heavy atom. The van der Waals surface area contributed by atoms with E-state index in [0.717, 1.165) is 0 Å². The fourth-order valence-electron chi connectivity index (χ4n) is 1.67. The summed E-state index contributed by atoms with van der Waals surface area (Å²) in [6.45, 7) is 0.